The van der Waals surface area contributed by atoms with Gasteiger partial charge in [-0.05, 0) is 18.1 Å². The molecule has 0 aliphatic rings. The standard InChI is InChI=1S/C14H27O5/c1-2-3-4-5-6-7-8-9-10-13(11-12-18-16)14(15)19-17/h13,17H,2-12H2,1H3. The summed E-state index contributed by atoms with van der Waals surface area (Å²) in [4.78, 5) is 18.7. The molecule has 1 N–H and O–H groups in total. The highest BCUT2D eigenvalue weighted by atomic mass is 17.1. The number of unbranched alkanes of at least 4 members (excludes halogenated alkanes) is 7. The topological polar surface area (TPSA) is 75.7 Å². The highest BCUT2D eigenvalue weighted by molar-refractivity contribution is 5.71. The fourth-order valence-corrected chi connectivity index (χ4v) is 2.17. The lowest BCUT2D eigenvalue weighted by Crippen LogP contribution is -2.18. The molecule has 0 saturated heterocycles. The molecule has 0 rings (SSSR count). The van der Waals surface area contributed by atoms with Gasteiger partial charge in [-0.2, -0.15) is 5.26 Å². The van der Waals surface area contributed by atoms with E-state index in [0.717, 1.165) is 12.8 Å². The lowest BCUT2D eigenvalue weighted by molar-refractivity contribution is -0.305. The maximum atomic E-state index is 11.2. The van der Waals surface area contributed by atoms with Crippen molar-refractivity contribution in [3.05, 3.63) is 0 Å². The number of hydrogen-bond acceptors (Lipinski definition) is 4. The third-order valence-electron chi connectivity index (χ3n) is 3.38. The fourth-order valence-electron chi connectivity index (χ4n) is 2.17. The van der Waals surface area contributed by atoms with E-state index in [4.69, 9.17) is 5.26 Å². The van der Waals surface area contributed by atoms with Crippen molar-refractivity contribution in [1.29, 1.82) is 0 Å². The van der Waals surface area contributed by atoms with E-state index in [1.807, 2.05) is 0 Å². The number of carbonyl (C=O) groups is 1. The lowest BCUT2D eigenvalue weighted by atomic mass is 9.97. The molecule has 0 fully saturated rings. The van der Waals surface area contributed by atoms with Crippen molar-refractivity contribution < 1.29 is 25.1 Å². The Bertz CT molecular complexity index is 208. The molecule has 5 nitrogen and oxygen atoms in total. The predicted octanol–water partition coefficient (Wildman–Crippen LogP) is 3.90. The summed E-state index contributed by atoms with van der Waals surface area (Å²) < 4.78 is 0. The van der Waals surface area contributed by atoms with Gasteiger partial charge in [0.1, 0.15) is 0 Å². The second-order valence-electron chi connectivity index (χ2n) is 4.98. The molecular formula is C14H27O5. The van der Waals surface area contributed by atoms with Crippen LogP contribution in [-0.4, -0.2) is 17.8 Å². The minimum Gasteiger partial charge on any atom is -0.301 e. The van der Waals surface area contributed by atoms with Crippen molar-refractivity contribution in [2.75, 3.05) is 6.61 Å². The summed E-state index contributed by atoms with van der Waals surface area (Å²) in [6.07, 6.45) is 10.5. The fraction of sp³-hybridized carbons (Fsp3) is 0.929. The number of rotatable bonds is 13. The summed E-state index contributed by atoms with van der Waals surface area (Å²) in [5.74, 6) is -1.10. The molecule has 0 spiro atoms. The first-order valence-corrected chi connectivity index (χ1v) is 7.36. The van der Waals surface area contributed by atoms with Gasteiger partial charge in [0.15, 0.2) is 0 Å². The second kappa shape index (κ2) is 13.8. The van der Waals surface area contributed by atoms with Crippen molar-refractivity contribution in [1.82, 2.24) is 0 Å². The van der Waals surface area contributed by atoms with Gasteiger partial charge in [0.25, 0.3) is 0 Å². The molecule has 0 heterocycles. The normalized spacial score (nSPS) is 12.4. The van der Waals surface area contributed by atoms with Crippen LogP contribution in [0.15, 0.2) is 0 Å². The molecule has 0 amide bonds. The Morgan fingerprint density at radius 3 is 2.11 bits per heavy atom. The minimum atomic E-state index is -0.667. The first kappa shape index (κ1) is 18.4. The van der Waals surface area contributed by atoms with Crippen LogP contribution in [0.4, 0.5) is 0 Å². The predicted molar refractivity (Wildman–Crippen MR) is 70.7 cm³/mol. The van der Waals surface area contributed by atoms with Crippen molar-refractivity contribution in [2.24, 2.45) is 5.92 Å². The summed E-state index contributed by atoms with van der Waals surface area (Å²) >= 11 is 0. The average molecular weight is 275 g/mol. The van der Waals surface area contributed by atoms with Gasteiger partial charge in [-0.25, -0.2) is 9.68 Å². The summed E-state index contributed by atoms with van der Waals surface area (Å²) in [7, 11) is 0. The van der Waals surface area contributed by atoms with Crippen LogP contribution in [0.2, 0.25) is 0 Å². The Hall–Kier alpha value is -0.650. The molecule has 1 atom stereocenters. The molecule has 1 radical (unpaired) electrons. The third kappa shape index (κ3) is 10.9. The van der Waals surface area contributed by atoms with Gasteiger partial charge in [-0.15, -0.1) is 0 Å². The smallest absolute Gasteiger partial charge is 0.301 e. The molecule has 0 bridgehead atoms. The molecular weight excluding hydrogens is 248 g/mol. The van der Waals surface area contributed by atoms with Crippen LogP contribution in [0.1, 0.15) is 71.1 Å². The second-order valence-corrected chi connectivity index (χ2v) is 4.98. The molecule has 0 aliphatic heterocycles. The zero-order chi connectivity index (χ0) is 14.3. The Morgan fingerprint density at radius 1 is 1.00 bits per heavy atom. The first-order valence-electron chi connectivity index (χ1n) is 7.36. The van der Waals surface area contributed by atoms with E-state index in [2.05, 4.69) is 16.7 Å². The van der Waals surface area contributed by atoms with Gasteiger partial charge in [-0.1, -0.05) is 58.3 Å². The first-order chi connectivity index (χ1) is 9.26. The van der Waals surface area contributed by atoms with Gasteiger partial charge in [0, 0.05) is 0 Å². The van der Waals surface area contributed by atoms with E-state index >= 15 is 0 Å². The Labute approximate surface area is 115 Å². The molecule has 0 aromatic rings. The van der Waals surface area contributed by atoms with E-state index in [1.165, 1.54) is 38.5 Å². The van der Waals surface area contributed by atoms with Crippen LogP contribution in [-0.2, 0) is 19.8 Å². The zero-order valence-corrected chi connectivity index (χ0v) is 11.9. The summed E-state index contributed by atoms with van der Waals surface area (Å²) in [5.41, 5.74) is 0. The summed E-state index contributed by atoms with van der Waals surface area (Å²) in [6, 6.07) is 0. The molecule has 0 aromatic carbocycles. The van der Waals surface area contributed by atoms with Crippen molar-refractivity contribution in [3.63, 3.8) is 0 Å². The SMILES string of the molecule is CCCCCCCCCCC(CCO[O])C(=O)OO. The van der Waals surface area contributed by atoms with Gasteiger partial charge in [0.2, 0.25) is 0 Å². The molecule has 1 unspecified atom stereocenters. The molecule has 0 aromatic heterocycles. The quantitative estimate of drug-likeness (QED) is 0.314. The van der Waals surface area contributed by atoms with Crippen LogP contribution in [0.3, 0.4) is 0 Å². The van der Waals surface area contributed by atoms with E-state index in [-0.39, 0.29) is 6.61 Å². The van der Waals surface area contributed by atoms with Crippen molar-refractivity contribution >= 4 is 5.97 Å². The monoisotopic (exact) mass is 275 g/mol. The van der Waals surface area contributed by atoms with E-state index < -0.39 is 11.9 Å². The van der Waals surface area contributed by atoms with Crippen molar-refractivity contribution in [3.8, 4) is 0 Å². The molecule has 19 heavy (non-hydrogen) atoms. The number of hydrogen-bond donors (Lipinski definition) is 1. The molecule has 0 aliphatic carbocycles. The van der Waals surface area contributed by atoms with Crippen LogP contribution < -0.4 is 0 Å². The summed E-state index contributed by atoms with van der Waals surface area (Å²) in [5, 5.41) is 18.3. The van der Waals surface area contributed by atoms with E-state index in [9.17, 15) is 10.1 Å². The highest BCUT2D eigenvalue weighted by Crippen LogP contribution is 2.17. The van der Waals surface area contributed by atoms with Crippen LogP contribution in [0, 0.1) is 5.92 Å². The molecule has 113 valence electrons. The Balaban J connectivity index is 3.55. The largest absolute Gasteiger partial charge is 0.345 e. The Morgan fingerprint density at radius 2 is 1.58 bits per heavy atom. The van der Waals surface area contributed by atoms with Crippen LogP contribution in [0.25, 0.3) is 0 Å². The van der Waals surface area contributed by atoms with Crippen LogP contribution >= 0.6 is 0 Å². The summed E-state index contributed by atoms with van der Waals surface area (Å²) in [6.45, 7) is 2.17. The van der Waals surface area contributed by atoms with Crippen LogP contribution in [0.5, 0.6) is 0 Å². The third-order valence-corrected chi connectivity index (χ3v) is 3.38. The van der Waals surface area contributed by atoms with Gasteiger partial charge in [-0.3, -0.25) is 0 Å². The minimum absolute atomic E-state index is 0.0310. The van der Waals surface area contributed by atoms with Crippen molar-refractivity contribution in [2.45, 2.75) is 71.1 Å². The number of carbonyl (C=O) groups excluding carboxylic acids is 1. The van der Waals surface area contributed by atoms with E-state index in [1.54, 1.807) is 0 Å². The maximum Gasteiger partial charge on any atom is 0.345 e. The van der Waals surface area contributed by atoms with Gasteiger partial charge < -0.3 is 4.89 Å². The van der Waals surface area contributed by atoms with Gasteiger partial charge in [0.05, 0.1) is 12.5 Å². The Kier molecular flexibility index (Phi) is 13.3. The zero-order valence-electron chi connectivity index (χ0n) is 11.9. The average Bonchev–Trinajstić information content (AvgIpc) is 2.44. The van der Waals surface area contributed by atoms with Gasteiger partial charge >= 0.3 is 5.97 Å². The molecule has 0 saturated carbocycles. The lowest BCUT2D eigenvalue weighted by Gasteiger charge is -2.11. The van der Waals surface area contributed by atoms with E-state index in [0.29, 0.717) is 12.8 Å². The highest BCUT2D eigenvalue weighted by Gasteiger charge is 2.19. The molecule has 5 heteroatoms. The maximum absolute atomic E-state index is 11.2.